The van der Waals surface area contributed by atoms with E-state index in [2.05, 4.69) is 15.0 Å². The summed E-state index contributed by atoms with van der Waals surface area (Å²) in [5.74, 6) is -0.246. The second-order valence-corrected chi connectivity index (χ2v) is 6.39. The summed E-state index contributed by atoms with van der Waals surface area (Å²) >= 11 is 6.30. The molecular weight excluding hydrogens is 379 g/mol. The lowest BCUT2D eigenvalue weighted by molar-refractivity contribution is -0.274. The maximum absolute atomic E-state index is 12.2. The molecule has 2 aromatic rings. The first-order chi connectivity index (χ1) is 12.7. The van der Waals surface area contributed by atoms with E-state index in [1.165, 1.54) is 12.1 Å². The Morgan fingerprint density at radius 3 is 2.48 bits per heavy atom. The average molecular weight is 400 g/mol. The second-order valence-electron chi connectivity index (χ2n) is 5.98. The van der Waals surface area contributed by atoms with E-state index < -0.39 is 6.36 Å². The summed E-state index contributed by atoms with van der Waals surface area (Å²) in [6.45, 7) is 5.23. The van der Waals surface area contributed by atoms with Crippen molar-refractivity contribution in [2.45, 2.75) is 26.8 Å². The molecule has 2 rings (SSSR count). The summed E-state index contributed by atoms with van der Waals surface area (Å²) < 4.78 is 40.4. The van der Waals surface area contributed by atoms with Crippen LogP contribution in [-0.4, -0.2) is 31.2 Å². The third kappa shape index (κ3) is 6.67. The first-order valence-electron chi connectivity index (χ1n) is 8.31. The quantitative estimate of drug-likeness (QED) is 0.474. The zero-order valence-electron chi connectivity index (χ0n) is 15.3. The van der Waals surface area contributed by atoms with Crippen LogP contribution in [0, 0.1) is 6.92 Å². The van der Waals surface area contributed by atoms with E-state index in [1.807, 2.05) is 31.9 Å². The Labute approximate surface area is 161 Å². The first-order valence-corrected chi connectivity index (χ1v) is 8.69. The molecule has 1 N–H and O–H groups in total. The lowest BCUT2D eigenvalue weighted by Crippen LogP contribution is -2.17. The van der Waals surface area contributed by atoms with Crippen molar-refractivity contribution in [3.8, 4) is 5.75 Å². The number of aryl methyl sites for hydroxylation is 1. The van der Waals surface area contributed by atoms with Crippen LogP contribution in [0.15, 0.2) is 41.4 Å². The summed E-state index contributed by atoms with van der Waals surface area (Å²) in [6.07, 6.45) is -2.97. The molecule has 0 aliphatic rings. The number of nitrogens with zero attached hydrogens (tertiary/aromatic N) is 2. The van der Waals surface area contributed by atoms with Crippen LogP contribution in [0.2, 0.25) is 5.02 Å². The van der Waals surface area contributed by atoms with Gasteiger partial charge in [0.1, 0.15) is 5.75 Å². The lowest BCUT2D eigenvalue weighted by Gasteiger charge is -2.13. The monoisotopic (exact) mass is 399 g/mol. The van der Waals surface area contributed by atoms with E-state index in [9.17, 15) is 13.2 Å². The molecule has 0 amide bonds. The summed E-state index contributed by atoms with van der Waals surface area (Å²) in [5.41, 5.74) is 3.28. The smallest absolute Gasteiger partial charge is 0.406 e. The van der Waals surface area contributed by atoms with E-state index in [-0.39, 0.29) is 5.75 Å². The SMILES string of the molecule is CCN(C)C=Nc1cc(C)c(NCc2ccc(OC(F)(F)F)cc2)cc1Cl. The van der Waals surface area contributed by atoms with Crippen LogP contribution in [0.4, 0.5) is 24.5 Å². The third-order valence-electron chi connectivity index (χ3n) is 3.83. The van der Waals surface area contributed by atoms with Gasteiger partial charge in [0, 0.05) is 25.8 Å². The van der Waals surface area contributed by atoms with E-state index in [0.717, 1.165) is 23.4 Å². The number of rotatable bonds is 7. The highest BCUT2D eigenvalue weighted by atomic mass is 35.5. The Kier molecular flexibility index (Phi) is 6.96. The number of halogens is 4. The standard InChI is InChI=1S/C19H21ClF3N3O/c1-4-26(3)12-25-18-9-13(2)17(10-16(18)20)24-11-14-5-7-15(8-6-14)27-19(21,22)23/h5-10,12,24H,4,11H2,1-3H3. The van der Waals surface area contributed by atoms with Crippen LogP contribution in [0.1, 0.15) is 18.1 Å². The molecule has 4 nitrogen and oxygen atoms in total. The molecule has 2 aromatic carbocycles. The summed E-state index contributed by atoms with van der Waals surface area (Å²) in [5, 5.41) is 3.74. The van der Waals surface area contributed by atoms with Gasteiger partial charge in [0.2, 0.25) is 0 Å². The normalized spacial score (nSPS) is 11.7. The van der Waals surface area contributed by atoms with Gasteiger partial charge in [0.05, 0.1) is 17.0 Å². The minimum atomic E-state index is -4.69. The van der Waals surface area contributed by atoms with Gasteiger partial charge in [-0.1, -0.05) is 23.7 Å². The number of anilines is 1. The van der Waals surface area contributed by atoms with Crippen molar-refractivity contribution in [3.63, 3.8) is 0 Å². The summed E-state index contributed by atoms with van der Waals surface area (Å²) in [6, 6.07) is 9.38. The van der Waals surface area contributed by atoms with Gasteiger partial charge in [-0.05, 0) is 49.2 Å². The molecule has 0 saturated heterocycles. The molecule has 0 radical (unpaired) electrons. The largest absolute Gasteiger partial charge is 0.573 e. The van der Waals surface area contributed by atoms with E-state index in [0.29, 0.717) is 17.3 Å². The Hall–Kier alpha value is -2.41. The van der Waals surface area contributed by atoms with Gasteiger partial charge >= 0.3 is 6.36 Å². The highest BCUT2D eigenvalue weighted by Crippen LogP contribution is 2.31. The number of nitrogens with one attached hydrogen (secondary N) is 1. The number of hydrogen-bond donors (Lipinski definition) is 1. The molecule has 0 aromatic heterocycles. The highest BCUT2D eigenvalue weighted by Gasteiger charge is 2.30. The molecule has 0 bridgehead atoms. The fourth-order valence-corrected chi connectivity index (χ4v) is 2.42. The Morgan fingerprint density at radius 2 is 1.89 bits per heavy atom. The fraction of sp³-hybridized carbons (Fsp3) is 0.316. The van der Waals surface area contributed by atoms with Gasteiger partial charge in [-0.25, -0.2) is 4.99 Å². The lowest BCUT2D eigenvalue weighted by atomic mass is 10.1. The molecule has 146 valence electrons. The van der Waals surface area contributed by atoms with E-state index >= 15 is 0 Å². The number of ether oxygens (including phenoxy) is 1. The third-order valence-corrected chi connectivity index (χ3v) is 4.13. The van der Waals surface area contributed by atoms with Crippen LogP contribution in [0.5, 0.6) is 5.75 Å². The van der Waals surface area contributed by atoms with Crippen molar-refractivity contribution in [3.05, 3.63) is 52.5 Å². The predicted octanol–water partition coefficient (Wildman–Crippen LogP) is 5.77. The molecule has 0 atom stereocenters. The molecule has 0 spiro atoms. The number of hydrogen-bond acceptors (Lipinski definition) is 3. The van der Waals surface area contributed by atoms with Gasteiger partial charge in [-0.2, -0.15) is 0 Å². The van der Waals surface area contributed by atoms with E-state index in [1.54, 1.807) is 24.5 Å². The maximum atomic E-state index is 12.2. The van der Waals surface area contributed by atoms with Gasteiger partial charge in [0.25, 0.3) is 0 Å². The minimum absolute atomic E-state index is 0.246. The van der Waals surface area contributed by atoms with Crippen LogP contribution >= 0.6 is 11.6 Å². The molecule has 27 heavy (non-hydrogen) atoms. The maximum Gasteiger partial charge on any atom is 0.573 e. The van der Waals surface area contributed by atoms with Crippen molar-refractivity contribution in [1.29, 1.82) is 0 Å². The van der Waals surface area contributed by atoms with Crippen LogP contribution < -0.4 is 10.1 Å². The molecular formula is C19H21ClF3N3O. The van der Waals surface area contributed by atoms with Crippen molar-refractivity contribution in [2.75, 3.05) is 18.9 Å². The Morgan fingerprint density at radius 1 is 1.22 bits per heavy atom. The van der Waals surface area contributed by atoms with Crippen LogP contribution in [0.3, 0.4) is 0 Å². The zero-order chi connectivity index (χ0) is 20.0. The topological polar surface area (TPSA) is 36.9 Å². The number of aliphatic imine (C=N–C) groups is 1. The second kappa shape index (κ2) is 8.99. The molecule has 0 saturated carbocycles. The molecule has 0 unspecified atom stereocenters. The summed E-state index contributed by atoms with van der Waals surface area (Å²) in [4.78, 5) is 6.31. The molecule has 0 aliphatic carbocycles. The van der Waals surface area contributed by atoms with Gasteiger partial charge in [-0.3, -0.25) is 0 Å². The van der Waals surface area contributed by atoms with Crippen molar-refractivity contribution in [2.24, 2.45) is 4.99 Å². The zero-order valence-corrected chi connectivity index (χ0v) is 16.0. The van der Waals surface area contributed by atoms with Crippen LogP contribution in [-0.2, 0) is 6.54 Å². The fourth-order valence-electron chi connectivity index (χ4n) is 2.20. The van der Waals surface area contributed by atoms with Crippen molar-refractivity contribution < 1.29 is 17.9 Å². The first kappa shape index (κ1) is 20.9. The predicted molar refractivity (Wildman–Crippen MR) is 103 cm³/mol. The highest BCUT2D eigenvalue weighted by molar-refractivity contribution is 6.33. The molecule has 0 aliphatic heterocycles. The Balaban J connectivity index is 2.03. The van der Waals surface area contributed by atoms with Crippen molar-refractivity contribution in [1.82, 2.24) is 4.90 Å². The van der Waals surface area contributed by atoms with Gasteiger partial charge < -0.3 is 15.0 Å². The number of alkyl halides is 3. The van der Waals surface area contributed by atoms with Crippen molar-refractivity contribution >= 4 is 29.3 Å². The minimum Gasteiger partial charge on any atom is -0.406 e. The number of benzene rings is 2. The molecule has 0 fully saturated rings. The van der Waals surface area contributed by atoms with E-state index in [4.69, 9.17) is 11.6 Å². The molecule has 0 heterocycles. The van der Waals surface area contributed by atoms with Crippen LogP contribution in [0.25, 0.3) is 0 Å². The van der Waals surface area contributed by atoms with Gasteiger partial charge in [0.15, 0.2) is 0 Å². The summed E-state index contributed by atoms with van der Waals surface area (Å²) in [7, 11) is 1.92. The Bertz CT molecular complexity index is 792. The molecule has 8 heteroatoms. The average Bonchev–Trinajstić information content (AvgIpc) is 2.60. The van der Waals surface area contributed by atoms with Gasteiger partial charge in [-0.15, -0.1) is 13.2 Å².